The van der Waals surface area contributed by atoms with Crippen LogP contribution in [0.2, 0.25) is 0 Å². The maximum atomic E-state index is 13.1. The maximum Gasteiger partial charge on any atom is 0.244 e. The van der Waals surface area contributed by atoms with Gasteiger partial charge in [-0.2, -0.15) is 0 Å². The van der Waals surface area contributed by atoms with E-state index in [9.17, 15) is 19.8 Å². The number of hydrogen-bond donors (Lipinski definition) is 4. The summed E-state index contributed by atoms with van der Waals surface area (Å²) in [5, 5.41) is 24.1. The summed E-state index contributed by atoms with van der Waals surface area (Å²) in [6.45, 7) is 1.74. The van der Waals surface area contributed by atoms with Gasteiger partial charge in [0.25, 0.3) is 0 Å². The van der Waals surface area contributed by atoms with E-state index in [1.54, 1.807) is 55.5 Å². The van der Waals surface area contributed by atoms with Crippen molar-refractivity contribution >= 4 is 17.8 Å². The fourth-order valence-corrected chi connectivity index (χ4v) is 3.74. The summed E-state index contributed by atoms with van der Waals surface area (Å²) in [5.41, 5.74) is 6.36. The molecule has 0 heterocycles. The lowest BCUT2D eigenvalue weighted by Crippen LogP contribution is -2.61. The van der Waals surface area contributed by atoms with E-state index >= 15 is 0 Å². The van der Waals surface area contributed by atoms with Gasteiger partial charge in [-0.1, -0.05) is 79.7 Å². The topological polar surface area (TPSA) is 113 Å². The molecule has 3 atom stereocenters. The first-order valence-corrected chi connectivity index (χ1v) is 10.8. The summed E-state index contributed by atoms with van der Waals surface area (Å²) in [4.78, 5) is 26.0. The standard InChI is InChI=1S/C27H28N2O4/c1-2-27(33,21-14-16-22(30)17-15-21)26(24(28)25(32)20-11-7-4-8-12-20)29-23(31)18-13-19-9-5-3-6-10-19/h3-18,24,26,30,33H,2,28H2,1H3,(H,29,31). The number of nitrogens with two attached hydrogens (primary N) is 1. The number of phenolic OH excluding ortho intramolecular Hbond substituents is 1. The molecular weight excluding hydrogens is 416 g/mol. The predicted octanol–water partition coefficient (Wildman–Crippen LogP) is 3.40. The Bertz CT molecular complexity index is 1100. The Kier molecular flexibility index (Phi) is 7.77. The molecule has 6 heteroatoms. The van der Waals surface area contributed by atoms with Crippen LogP contribution in [0.4, 0.5) is 0 Å². The second kappa shape index (κ2) is 10.7. The van der Waals surface area contributed by atoms with Crippen molar-refractivity contribution in [3.05, 3.63) is 108 Å². The van der Waals surface area contributed by atoms with Crippen LogP contribution >= 0.6 is 0 Å². The molecule has 0 aliphatic carbocycles. The van der Waals surface area contributed by atoms with Crippen LogP contribution in [0.5, 0.6) is 5.75 Å². The Labute approximate surface area is 193 Å². The van der Waals surface area contributed by atoms with E-state index in [0.717, 1.165) is 5.56 Å². The highest BCUT2D eigenvalue weighted by atomic mass is 16.3. The predicted molar refractivity (Wildman–Crippen MR) is 128 cm³/mol. The summed E-state index contributed by atoms with van der Waals surface area (Å²) in [6.07, 6.45) is 3.15. The van der Waals surface area contributed by atoms with E-state index in [2.05, 4.69) is 5.32 Å². The number of hydrogen-bond acceptors (Lipinski definition) is 5. The van der Waals surface area contributed by atoms with Crippen molar-refractivity contribution in [2.75, 3.05) is 0 Å². The van der Waals surface area contributed by atoms with Gasteiger partial charge in [-0.05, 0) is 35.8 Å². The smallest absolute Gasteiger partial charge is 0.244 e. The number of ketones is 1. The molecule has 5 N–H and O–H groups in total. The Hall–Kier alpha value is -3.74. The van der Waals surface area contributed by atoms with E-state index < -0.39 is 29.4 Å². The molecule has 170 valence electrons. The van der Waals surface area contributed by atoms with Crippen molar-refractivity contribution in [3.8, 4) is 5.75 Å². The van der Waals surface area contributed by atoms with Gasteiger partial charge in [-0.25, -0.2) is 0 Å². The van der Waals surface area contributed by atoms with Gasteiger partial charge in [0.2, 0.25) is 5.91 Å². The number of nitrogens with one attached hydrogen (secondary N) is 1. The normalized spacial score (nSPS) is 14.9. The summed E-state index contributed by atoms with van der Waals surface area (Å²) in [6, 6.07) is 21.4. The van der Waals surface area contributed by atoms with Crippen LogP contribution in [0.15, 0.2) is 91.0 Å². The van der Waals surface area contributed by atoms with Crippen molar-refractivity contribution in [2.45, 2.75) is 31.0 Å². The van der Waals surface area contributed by atoms with Gasteiger partial charge in [-0.3, -0.25) is 9.59 Å². The Morgan fingerprint density at radius 3 is 2.12 bits per heavy atom. The minimum atomic E-state index is -1.66. The molecule has 1 amide bonds. The van der Waals surface area contributed by atoms with Gasteiger partial charge in [0.15, 0.2) is 5.78 Å². The first-order chi connectivity index (χ1) is 15.8. The molecule has 0 radical (unpaired) electrons. The number of phenols is 1. The van der Waals surface area contributed by atoms with E-state index in [-0.39, 0.29) is 12.2 Å². The molecule has 0 spiro atoms. The number of carbonyl (C=O) groups excluding carboxylic acids is 2. The number of carbonyl (C=O) groups is 2. The molecular formula is C27H28N2O4. The van der Waals surface area contributed by atoms with E-state index in [1.165, 1.54) is 18.2 Å². The van der Waals surface area contributed by atoms with Crippen LogP contribution < -0.4 is 11.1 Å². The molecule has 0 saturated heterocycles. The first-order valence-electron chi connectivity index (χ1n) is 10.8. The number of aliphatic hydroxyl groups is 1. The van der Waals surface area contributed by atoms with Gasteiger partial charge in [-0.15, -0.1) is 0 Å². The van der Waals surface area contributed by atoms with Crippen LogP contribution in [0.1, 0.15) is 34.8 Å². The lowest BCUT2D eigenvalue weighted by Gasteiger charge is -2.39. The van der Waals surface area contributed by atoms with Gasteiger partial charge in [0.05, 0.1) is 12.1 Å². The van der Waals surface area contributed by atoms with Crippen LogP contribution in [-0.4, -0.2) is 34.0 Å². The van der Waals surface area contributed by atoms with Gasteiger partial charge in [0.1, 0.15) is 11.4 Å². The second-order valence-electron chi connectivity index (χ2n) is 7.81. The van der Waals surface area contributed by atoms with Crippen LogP contribution in [0.25, 0.3) is 6.08 Å². The van der Waals surface area contributed by atoms with Crippen molar-refractivity contribution in [2.24, 2.45) is 5.73 Å². The lowest BCUT2D eigenvalue weighted by molar-refractivity contribution is -0.120. The van der Waals surface area contributed by atoms with Crippen molar-refractivity contribution < 1.29 is 19.8 Å². The van der Waals surface area contributed by atoms with E-state index in [0.29, 0.717) is 11.1 Å². The highest BCUT2D eigenvalue weighted by Crippen LogP contribution is 2.32. The second-order valence-corrected chi connectivity index (χ2v) is 7.81. The zero-order chi connectivity index (χ0) is 23.8. The summed E-state index contributed by atoms with van der Waals surface area (Å²) in [7, 11) is 0. The maximum absolute atomic E-state index is 13.1. The van der Waals surface area contributed by atoms with Gasteiger partial charge < -0.3 is 21.3 Å². The molecule has 3 unspecified atom stereocenters. The molecule has 0 aliphatic rings. The Morgan fingerprint density at radius 2 is 1.55 bits per heavy atom. The molecule has 3 aromatic rings. The number of benzene rings is 3. The number of amides is 1. The molecule has 0 bridgehead atoms. The van der Waals surface area contributed by atoms with Crippen molar-refractivity contribution in [1.82, 2.24) is 5.32 Å². The quantitative estimate of drug-likeness (QED) is 0.298. The number of Topliss-reactive ketones (excluding diaryl/α,β-unsaturated/α-hetero) is 1. The highest BCUT2D eigenvalue weighted by Gasteiger charge is 2.43. The highest BCUT2D eigenvalue weighted by molar-refractivity contribution is 6.01. The minimum absolute atomic E-state index is 0.0354. The zero-order valence-corrected chi connectivity index (χ0v) is 18.4. The first kappa shape index (κ1) is 23.9. The third-order valence-electron chi connectivity index (χ3n) is 5.67. The van der Waals surface area contributed by atoms with Crippen LogP contribution in [0.3, 0.4) is 0 Å². The Balaban J connectivity index is 1.95. The van der Waals surface area contributed by atoms with Crippen LogP contribution in [-0.2, 0) is 10.4 Å². The van der Waals surface area contributed by atoms with Crippen molar-refractivity contribution in [3.63, 3.8) is 0 Å². The fraction of sp³-hybridized carbons (Fsp3) is 0.185. The zero-order valence-electron chi connectivity index (χ0n) is 18.4. The monoisotopic (exact) mass is 444 g/mol. The third kappa shape index (κ3) is 5.74. The molecule has 6 nitrogen and oxygen atoms in total. The number of aromatic hydroxyl groups is 1. The SMILES string of the molecule is CCC(O)(c1ccc(O)cc1)C(NC(=O)C=Cc1ccccc1)C(N)C(=O)c1ccccc1. The molecule has 0 fully saturated rings. The largest absolute Gasteiger partial charge is 0.508 e. The molecule has 0 aromatic heterocycles. The molecule has 0 saturated carbocycles. The summed E-state index contributed by atoms with van der Waals surface area (Å²) < 4.78 is 0. The van der Waals surface area contributed by atoms with E-state index in [1.807, 2.05) is 30.3 Å². The Morgan fingerprint density at radius 1 is 0.970 bits per heavy atom. The molecule has 0 aliphatic heterocycles. The van der Waals surface area contributed by atoms with E-state index in [4.69, 9.17) is 5.73 Å². The summed E-state index contributed by atoms with van der Waals surface area (Å²) >= 11 is 0. The molecule has 3 aromatic carbocycles. The lowest BCUT2D eigenvalue weighted by atomic mass is 9.78. The van der Waals surface area contributed by atoms with Crippen LogP contribution in [0, 0.1) is 0 Å². The molecule has 33 heavy (non-hydrogen) atoms. The molecule has 3 rings (SSSR count). The average molecular weight is 445 g/mol. The van der Waals surface area contributed by atoms with Gasteiger partial charge >= 0.3 is 0 Å². The minimum Gasteiger partial charge on any atom is -0.508 e. The van der Waals surface area contributed by atoms with Crippen molar-refractivity contribution in [1.29, 1.82) is 0 Å². The average Bonchev–Trinajstić information content (AvgIpc) is 2.86. The fourth-order valence-electron chi connectivity index (χ4n) is 3.74. The third-order valence-corrected chi connectivity index (χ3v) is 5.67. The van der Waals surface area contributed by atoms with Gasteiger partial charge in [0, 0.05) is 11.6 Å². The summed E-state index contributed by atoms with van der Waals surface area (Å²) in [5.74, 6) is -0.863. The number of rotatable bonds is 9.